The predicted octanol–water partition coefficient (Wildman–Crippen LogP) is -0.363. The van der Waals surface area contributed by atoms with E-state index in [4.69, 9.17) is 5.11 Å². The first kappa shape index (κ1) is 13.3. The van der Waals surface area contributed by atoms with Crippen LogP contribution >= 0.6 is 0 Å². The molecule has 0 heterocycles. The van der Waals surface area contributed by atoms with E-state index in [0.717, 1.165) is 4.31 Å². The van der Waals surface area contributed by atoms with Crippen molar-refractivity contribution < 1.29 is 18.3 Å². The molecule has 0 aliphatic heterocycles. The fraction of sp³-hybridized carbons (Fsp3) is 0.857. The van der Waals surface area contributed by atoms with Crippen molar-refractivity contribution in [3.8, 4) is 0 Å². The molecular weight excluding hydrogens is 208 g/mol. The number of aliphatic carboxylic acids is 1. The van der Waals surface area contributed by atoms with Gasteiger partial charge in [0.15, 0.2) is 0 Å². The van der Waals surface area contributed by atoms with Crippen molar-refractivity contribution in [1.82, 2.24) is 9.03 Å². The van der Waals surface area contributed by atoms with Crippen LogP contribution in [0.4, 0.5) is 0 Å². The third kappa shape index (κ3) is 4.54. The lowest BCUT2D eigenvalue weighted by molar-refractivity contribution is -0.137. The van der Waals surface area contributed by atoms with Crippen molar-refractivity contribution >= 4 is 16.2 Å². The molecule has 0 unspecified atom stereocenters. The van der Waals surface area contributed by atoms with Crippen molar-refractivity contribution in [2.24, 2.45) is 0 Å². The number of hydrogen-bond acceptors (Lipinski definition) is 3. The molecule has 0 rings (SSSR count). The Hall–Kier alpha value is -0.660. The number of carboxylic acids is 1. The second-order valence-corrected chi connectivity index (χ2v) is 4.49. The molecule has 0 saturated heterocycles. The highest BCUT2D eigenvalue weighted by Crippen LogP contribution is 1.98. The predicted molar refractivity (Wildman–Crippen MR) is 52.1 cm³/mol. The Balaban J connectivity index is 4.54. The molecule has 0 aliphatic carbocycles. The average Bonchev–Trinajstić information content (AvgIpc) is 2.02. The van der Waals surface area contributed by atoms with E-state index in [1.54, 1.807) is 13.8 Å². The maximum atomic E-state index is 11.4. The lowest BCUT2D eigenvalue weighted by atomic mass is 10.5. The van der Waals surface area contributed by atoms with Crippen LogP contribution in [0.25, 0.3) is 0 Å². The second-order valence-electron chi connectivity index (χ2n) is 2.73. The van der Waals surface area contributed by atoms with Gasteiger partial charge in [0.05, 0.1) is 0 Å². The van der Waals surface area contributed by atoms with Gasteiger partial charge in [-0.2, -0.15) is 12.7 Å². The SMILES string of the molecule is CCCN(CC(=O)O)S(=O)(=O)NCC. The van der Waals surface area contributed by atoms with E-state index in [2.05, 4.69) is 4.72 Å². The Bertz CT molecular complexity index is 275. The van der Waals surface area contributed by atoms with Gasteiger partial charge in [-0.3, -0.25) is 4.79 Å². The molecule has 84 valence electrons. The van der Waals surface area contributed by atoms with Gasteiger partial charge < -0.3 is 5.11 Å². The molecule has 0 aliphatic rings. The van der Waals surface area contributed by atoms with Gasteiger partial charge in [0.2, 0.25) is 0 Å². The quantitative estimate of drug-likeness (QED) is 0.618. The summed E-state index contributed by atoms with van der Waals surface area (Å²) in [7, 11) is -3.63. The molecular formula is C7H16N2O4S. The van der Waals surface area contributed by atoms with Crippen LogP contribution in [0.2, 0.25) is 0 Å². The number of hydrogen-bond donors (Lipinski definition) is 2. The van der Waals surface area contributed by atoms with E-state index in [1.807, 2.05) is 0 Å². The summed E-state index contributed by atoms with van der Waals surface area (Å²) in [5.41, 5.74) is 0. The van der Waals surface area contributed by atoms with Crippen molar-refractivity contribution in [3.05, 3.63) is 0 Å². The van der Waals surface area contributed by atoms with Crippen LogP contribution in [0.3, 0.4) is 0 Å². The highest BCUT2D eigenvalue weighted by molar-refractivity contribution is 7.87. The molecule has 0 aromatic carbocycles. The van der Waals surface area contributed by atoms with Gasteiger partial charge in [-0.25, -0.2) is 4.72 Å². The van der Waals surface area contributed by atoms with Gasteiger partial charge in [0, 0.05) is 13.1 Å². The molecule has 0 atom stereocenters. The smallest absolute Gasteiger partial charge is 0.318 e. The van der Waals surface area contributed by atoms with Crippen LogP contribution in [0.15, 0.2) is 0 Å². The zero-order valence-corrected chi connectivity index (χ0v) is 9.17. The van der Waals surface area contributed by atoms with Gasteiger partial charge in [0.1, 0.15) is 6.54 Å². The van der Waals surface area contributed by atoms with Crippen molar-refractivity contribution in [2.45, 2.75) is 20.3 Å². The fourth-order valence-electron chi connectivity index (χ4n) is 0.958. The van der Waals surface area contributed by atoms with Gasteiger partial charge in [-0.05, 0) is 6.42 Å². The molecule has 0 saturated carbocycles. The third-order valence-electron chi connectivity index (χ3n) is 1.45. The summed E-state index contributed by atoms with van der Waals surface area (Å²) >= 11 is 0. The minimum Gasteiger partial charge on any atom is -0.480 e. The number of nitrogens with zero attached hydrogens (tertiary/aromatic N) is 1. The first-order chi connectivity index (χ1) is 6.44. The maximum absolute atomic E-state index is 11.4. The molecule has 2 N–H and O–H groups in total. The van der Waals surface area contributed by atoms with E-state index < -0.39 is 22.7 Å². The zero-order valence-electron chi connectivity index (χ0n) is 8.36. The molecule has 0 amide bonds. The zero-order chi connectivity index (χ0) is 11.2. The molecule has 0 spiro atoms. The summed E-state index contributed by atoms with van der Waals surface area (Å²) in [5.74, 6) is -1.15. The summed E-state index contributed by atoms with van der Waals surface area (Å²) in [6.45, 7) is 3.39. The van der Waals surface area contributed by atoms with Crippen molar-refractivity contribution in [3.63, 3.8) is 0 Å². The monoisotopic (exact) mass is 224 g/mol. The van der Waals surface area contributed by atoms with E-state index in [9.17, 15) is 13.2 Å². The van der Waals surface area contributed by atoms with E-state index >= 15 is 0 Å². The molecule has 0 bridgehead atoms. The topological polar surface area (TPSA) is 86.7 Å². The Labute approximate surface area is 84.1 Å². The molecule has 0 fully saturated rings. The number of carbonyl (C=O) groups is 1. The Kier molecular flexibility index (Phi) is 5.66. The van der Waals surface area contributed by atoms with Gasteiger partial charge in [-0.15, -0.1) is 0 Å². The van der Waals surface area contributed by atoms with E-state index in [-0.39, 0.29) is 13.1 Å². The van der Waals surface area contributed by atoms with Crippen LogP contribution in [-0.2, 0) is 15.0 Å². The standard InChI is InChI=1S/C7H16N2O4S/c1-3-5-9(6-7(10)11)14(12,13)8-4-2/h8H,3-6H2,1-2H3,(H,10,11). The van der Waals surface area contributed by atoms with Crippen LogP contribution in [0.5, 0.6) is 0 Å². The normalized spacial score (nSPS) is 11.9. The number of carboxylic acid groups (broad SMARTS) is 1. The maximum Gasteiger partial charge on any atom is 0.318 e. The Morgan fingerprint density at radius 3 is 2.36 bits per heavy atom. The molecule has 6 nitrogen and oxygen atoms in total. The minimum atomic E-state index is -3.63. The van der Waals surface area contributed by atoms with E-state index in [0.29, 0.717) is 6.42 Å². The van der Waals surface area contributed by atoms with Crippen LogP contribution in [-0.4, -0.2) is 43.4 Å². The van der Waals surface area contributed by atoms with Crippen LogP contribution < -0.4 is 4.72 Å². The highest BCUT2D eigenvalue weighted by Gasteiger charge is 2.22. The first-order valence-electron chi connectivity index (χ1n) is 4.40. The number of nitrogens with one attached hydrogen (secondary N) is 1. The summed E-state index contributed by atoms with van der Waals surface area (Å²) in [6.07, 6.45) is 0.581. The van der Waals surface area contributed by atoms with Gasteiger partial charge >= 0.3 is 5.97 Å². The van der Waals surface area contributed by atoms with E-state index in [1.165, 1.54) is 0 Å². The third-order valence-corrected chi connectivity index (χ3v) is 3.10. The first-order valence-corrected chi connectivity index (χ1v) is 5.84. The summed E-state index contributed by atoms with van der Waals surface area (Å²) in [5, 5.41) is 8.51. The molecule has 14 heavy (non-hydrogen) atoms. The van der Waals surface area contributed by atoms with Crippen LogP contribution in [0.1, 0.15) is 20.3 Å². The Morgan fingerprint density at radius 1 is 1.43 bits per heavy atom. The lowest BCUT2D eigenvalue weighted by Crippen LogP contribution is -2.43. The summed E-state index contributed by atoms with van der Waals surface area (Å²) in [6, 6.07) is 0. The molecule has 0 radical (unpaired) electrons. The number of rotatable bonds is 7. The summed E-state index contributed by atoms with van der Waals surface area (Å²) in [4.78, 5) is 10.4. The molecule has 0 aromatic heterocycles. The van der Waals surface area contributed by atoms with Crippen molar-refractivity contribution in [2.75, 3.05) is 19.6 Å². The second kappa shape index (κ2) is 5.94. The summed E-state index contributed by atoms with van der Waals surface area (Å²) < 4.78 is 26.0. The minimum absolute atomic E-state index is 0.210. The van der Waals surface area contributed by atoms with Crippen molar-refractivity contribution in [1.29, 1.82) is 0 Å². The Morgan fingerprint density at radius 2 is 2.00 bits per heavy atom. The van der Waals surface area contributed by atoms with Crippen LogP contribution in [0, 0.1) is 0 Å². The molecule has 7 heteroatoms. The highest BCUT2D eigenvalue weighted by atomic mass is 32.2. The largest absolute Gasteiger partial charge is 0.480 e. The van der Waals surface area contributed by atoms with Gasteiger partial charge in [-0.1, -0.05) is 13.8 Å². The average molecular weight is 224 g/mol. The molecule has 0 aromatic rings. The van der Waals surface area contributed by atoms with Gasteiger partial charge in [0.25, 0.3) is 10.2 Å². The fourth-order valence-corrected chi connectivity index (χ4v) is 2.21. The lowest BCUT2D eigenvalue weighted by Gasteiger charge is -2.19.